The van der Waals surface area contributed by atoms with Crippen LogP contribution in [0.1, 0.15) is 6.42 Å². The fourth-order valence-corrected chi connectivity index (χ4v) is 3.96. The predicted octanol–water partition coefficient (Wildman–Crippen LogP) is 1.64. The number of carbonyl (C=O) groups is 1. The van der Waals surface area contributed by atoms with E-state index in [1.165, 1.54) is 48.5 Å². The van der Waals surface area contributed by atoms with Crippen molar-refractivity contribution < 1.29 is 35.1 Å². The Morgan fingerprint density at radius 3 is 1.77 bits per heavy atom. The number of aliphatic carboxylic acids is 1. The third-order valence-corrected chi connectivity index (χ3v) is 5.86. The fraction of sp³-hybridized carbons (Fsp3) is 0.188. The van der Waals surface area contributed by atoms with Crippen LogP contribution in [-0.4, -0.2) is 40.6 Å². The van der Waals surface area contributed by atoms with Gasteiger partial charge in [0.05, 0.1) is 16.4 Å². The summed E-state index contributed by atoms with van der Waals surface area (Å²) in [6, 6.07) is 14.3. The van der Waals surface area contributed by atoms with Crippen LogP contribution < -0.4 is 0 Å². The SMILES string of the molecule is O=C(O)C(CCOS(=O)(=O)c1ccccc1)OS(=O)(=O)c1ccccc1. The first kappa shape index (κ1) is 20.0. The number of carboxylic acids is 1. The molecule has 2 aromatic carbocycles. The van der Waals surface area contributed by atoms with Crippen LogP contribution >= 0.6 is 0 Å². The lowest BCUT2D eigenvalue weighted by atomic mass is 10.3. The highest BCUT2D eigenvalue weighted by molar-refractivity contribution is 7.87. The molecule has 0 saturated carbocycles. The van der Waals surface area contributed by atoms with Gasteiger partial charge in [-0.1, -0.05) is 36.4 Å². The van der Waals surface area contributed by atoms with E-state index in [1.807, 2.05) is 0 Å². The van der Waals surface area contributed by atoms with Gasteiger partial charge in [-0.05, 0) is 24.3 Å². The van der Waals surface area contributed by atoms with Crippen molar-refractivity contribution in [1.82, 2.24) is 0 Å². The van der Waals surface area contributed by atoms with Gasteiger partial charge < -0.3 is 5.11 Å². The second-order valence-electron chi connectivity index (χ2n) is 5.07. The van der Waals surface area contributed by atoms with Gasteiger partial charge in [0, 0.05) is 6.42 Å². The number of hydrogen-bond acceptors (Lipinski definition) is 7. The highest BCUT2D eigenvalue weighted by Crippen LogP contribution is 2.17. The molecule has 0 aromatic heterocycles. The fourth-order valence-electron chi connectivity index (χ4n) is 1.93. The average molecular weight is 400 g/mol. The van der Waals surface area contributed by atoms with E-state index in [1.54, 1.807) is 12.1 Å². The molecule has 1 unspecified atom stereocenters. The minimum absolute atomic E-state index is 0.0929. The molecule has 0 aliphatic carbocycles. The Balaban J connectivity index is 2.02. The molecule has 1 N–H and O–H groups in total. The van der Waals surface area contributed by atoms with E-state index in [2.05, 4.69) is 0 Å². The quantitative estimate of drug-likeness (QED) is 0.630. The third-order valence-electron chi connectivity index (χ3n) is 3.20. The Hall–Kier alpha value is -2.27. The van der Waals surface area contributed by atoms with Gasteiger partial charge >= 0.3 is 5.97 Å². The van der Waals surface area contributed by atoms with E-state index in [-0.39, 0.29) is 9.79 Å². The van der Waals surface area contributed by atoms with E-state index >= 15 is 0 Å². The maximum Gasteiger partial charge on any atom is 0.334 e. The van der Waals surface area contributed by atoms with Gasteiger partial charge in [-0.2, -0.15) is 16.8 Å². The van der Waals surface area contributed by atoms with Crippen molar-refractivity contribution in [1.29, 1.82) is 0 Å². The van der Waals surface area contributed by atoms with Crippen molar-refractivity contribution in [2.45, 2.75) is 22.3 Å². The summed E-state index contributed by atoms with van der Waals surface area (Å²) in [6.45, 7) is -0.557. The molecule has 26 heavy (non-hydrogen) atoms. The number of hydrogen-bond donors (Lipinski definition) is 1. The summed E-state index contributed by atoms with van der Waals surface area (Å²) in [6.07, 6.45) is -2.26. The Morgan fingerprint density at radius 1 is 0.846 bits per heavy atom. The molecule has 2 aromatic rings. The molecule has 10 heteroatoms. The van der Waals surface area contributed by atoms with Crippen LogP contribution in [0, 0.1) is 0 Å². The molecule has 0 spiro atoms. The molecular formula is C16H16O8S2. The van der Waals surface area contributed by atoms with E-state index in [4.69, 9.17) is 13.5 Å². The Labute approximate surface area is 151 Å². The molecule has 0 saturated heterocycles. The van der Waals surface area contributed by atoms with Crippen molar-refractivity contribution in [3.8, 4) is 0 Å². The molecule has 0 radical (unpaired) electrons. The van der Waals surface area contributed by atoms with E-state index < -0.39 is 45.3 Å². The molecular weight excluding hydrogens is 384 g/mol. The van der Waals surface area contributed by atoms with Gasteiger partial charge in [-0.3, -0.25) is 8.37 Å². The summed E-state index contributed by atoms with van der Waals surface area (Å²) >= 11 is 0. The van der Waals surface area contributed by atoms with Crippen LogP contribution in [0.3, 0.4) is 0 Å². The smallest absolute Gasteiger partial charge is 0.334 e. The largest absolute Gasteiger partial charge is 0.479 e. The topological polar surface area (TPSA) is 124 Å². The summed E-state index contributed by atoms with van der Waals surface area (Å²) in [5, 5.41) is 9.14. The van der Waals surface area contributed by atoms with Crippen molar-refractivity contribution in [2.75, 3.05) is 6.61 Å². The van der Waals surface area contributed by atoms with Crippen molar-refractivity contribution in [2.24, 2.45) is 0 Å². The zero-order valence-electron chi connectivity index (χ0n) is 13.4. The highest BCUT2D eigenvalue weighted by Gasteiger charge is 2.28. The van der Waals surface area contributed by atoms with Gasteiger partial charge in [-0.15, -0.1) is 0 Å². The first-order valence-corrected chi connectivity index (χ1v) is 10.2. The van der Waals surface area contributed by atoms with Crippen LogP contribution in [0.4, 0.5) is 0 Å². The summed E-state index contributed by atoms with van der Waals surface area (Å²) < 4.78 is 57.5. The van der Waals surface area contributed by atoms with E-state index in [0.29, 0.717) is 0 Å². The molecule has 0 aliphatic rings. The third kappa shape index (κ3) is 5.36. The standard InChI is InChI=1S/C16H16O8S2/c17-16(18)15(24-26(21,22)14-9-5-2-6-10-14)11-12-23-25(19,20)13-7-3-1-4-8-13/h1-10,15H,11-12H2,(H,17,18). The van der Waals surface area contributed by atoms with E-state index in [9.17, 15) is 21.6 Å². The number of benzene rings is 2. The maximum absolute atomic E-state index is 12.1. The van der Waals surface area contributed by atoms with Crippen LogP contribution in [0.2, 0.25) is 0 Å². The monoisotopic (exact) mass is 400 g/mol. The first-order chi connectivity index (χ1) is 12.2. The Morgan fingerprint density at radius 2 is 1.31 bits per heavy atom. The van der Waals surface area contributed by atoms with Crippen LogP contribution in [0.5, 0.6) is 0 Å². The highest BCUT2D eigenvalue weighted by atomic mass is 32.2. The zero-order chi connectivity index (χ0) is 19.2. The Kier molecular flexibility index (Phi) is 6.48. The normalized spacial score (nSPS) is 13.2. The maximum atomic E-state index is 12.1. The predicted molar refractivity (Wildman–Crippen MR) is 90.3 cm³/mol. The van der Waals surface area contributed by atoms with Gasteiger partial charge in [0.2, 0.25) is 0 Å². The molecule has 0 aliphatic heterocycles. The van der Waals surface area contributed by atoms with Crippen molar-refractivity contribution >= 4 is 26.2 Å². The summed E-state index contributed by atoms with van der Waals surface area (Å²) in [5.41, 5.74) is 0. The minimum Gasteiger partial charge on any atom is -0.479 e. The molecule has 8 nitrogen and oxygen atoms in total. The summed E-state index contributed by atoms with van der Waals surface area (Å²) in [7, 11) is -8.38. The molecule has 0 bridgehead atoms. The van der Waals surface area contributed by atoms with Crippen LogP contribution in [0.25, 0.3) is 0 Å². The average Bonchev–Trinajstić information content (AvgIpc) is 2.62. The van der Waals surface area contributed by atoms with Gasteiger partial charge in [0.25, 0.3) is 20.2 Å². The second kappa shape index (κ2) is 8.41. The second-order valence-corrected chi connectivity index (χ2v) is 8.26. The number of rotatable bonds is 9. The zero-order valence-corrected chi connectivity index (χ0v) is 15.0. The summed E-state index contributed by atoms with van der Waals surface area (Å²) in [5.74, 6) is -1.55. The van der Waals surface area contributed by atoms with Gasteiger partial charge in [0.1, 0.15) is 0 Å². The molecule has 0 amide bonds. The lowest BCUT2D eigenvalue weighted by Gasteiger charge is -2.13. The lowest BCUT2D eigenvalue weighted by molar-refractivity contribution is -0.145. The van der Waals surface area contributed by atoms with Gasteiger partial charge in [-0.25, -0.2) is 4.79 Å². The Bertz CT molecular complexity index is 938. The molecule has 2 rings (SSSR count). The minimum atomic E-state index is -4.31. The molecule has 1 atom stereocenters. The molecule has 0 heterocycles. The molecule has 0 fully saturated rings. The lowest BCUT2D eigenvalue weighted by Crippen LogP contribution is -2.29. The van der Waals surface area contributed by atoms with Crippen LogP contribution in [0.15, 0.2) is 70.5 Å². The summed E-state index contributed by atoms with van der Waals surface area (Å²) in [4.78, 5) is 10.9. The van der Waals surface area contributed by atoms with Crippen LogP contribution in [-0.2, 0) is 33.4 Å². The van der Waals surface area contributed by atoms with E-state index in [0.717, 1.165) is 0 Å². The first-order valence-electron chi connectivity index (χ1n) is 7.38. The van der Waals surface area contributed by atoms with Crippen molar-refractivity contribution in [3.05, 3.63) is 60.7 Å². The number of carboxylic acid groups (broad SMARTS) is 1. The molecule has 140 valence electrons. The van der Waals surface area contributed by atoms with Gasteiger partial charge in [0.15, 0.2) is 6.10 Å². The van der Waals surface area contributed by atoms with Crippen molar-refractivity contribution in [3.63, 3.8) is 0 Å².